The molecule has 0 saturated heterocycles. The van der Waals surface area contributed by atoms with Crippen molar-refractivity contribution in [2.24, 2.45) is 0 Å². The zero-order valence-electron chi connectivity index (χ0n) is 8.81. The van der Waals surface area contributed by atoms with Crippen LogP contribution in [-0.4, -0.2) is 15.0 Å². The monoisotopic (exact) mass is 244 g/mol. The average molecular weight is 245 g/mol. The van der Waals surface area contributed by atoms with E-state index in [0.717, 1.165) is 22.3 Å². The molecular formula is C12H9ClN4. The maximum atomic E-state index is 5.97. The van der Waals surface area contributed by atoms with Crippen LogP contribution in [0.15, 0.2) is 36.7 Å². The van der Waals surface area contributed by atoms with Crippen LogP contribution in [0.25, 0.3) is 22.3 Å². The average Bonchev–Trinajstić information content (AvgIpc) is 2.71. The maximum Gasteiger partial charge on any atom is 0.137 e. The number of nitrogen functional groups attached to an aromatic ring is 1. The lowest BCUT2D eigenvalue weighted by atomic mass is 10.1. The van der Waals surface area contributed by atoms with Crippen LogP contribution in [0.1, 0.15) is 0 Å². The van der Waals surface area contributed by atoms with Crippen LogP contribution >= 0.6 is 11.6 Å². The number of nitrogens with zero attached hydrogens (tertiary/aromatic N) is 2. The lowest BCUT2D eigenvalue weighted by molar-refractivity contribution is 1.32. The first-order valence-electron chi connectivity index (χ1n) is 5.09. The number of rotatable bonds is 1. The summed E-state index contributed by atoms with van der Waals surface area (Å²) in [7, 11) is 0. The molecule has 0 spiro atoms. The molecule has 3 aromatic heterocycles. The number of pyridine rings is 2. The van der Waals surface area contributed by atoms with E-state index in [1.54, 1.807) is 18.3 Å². The Kier molecular flexibility index (Phi) is 2.23. The van der Waals surface area contributed by atoms with E-state index in [-0.39, 0.29) is 0 Å². The van der Waals surface area contributed by atoms with Gasteiger partial charge >= 0.3 is 0 Å². The van der Waals surface area contributed by atoms with Gasteiger partial charge in [0.05, 0.1) is 5.69 Å². The molecule has 0 aromatic carbocycles. The number of hydrogen-bond acceptors (Lipinski definition) is 3. The smallest absolute Gasteiger partial charge is 0.137 e. The highest BCUT2D eigenvalue weighted by Crippen LogP contribution is 2.28. The van der Waals surface area contributed by atoms with Gasteiger partial charge in [0.25, 0.3) is 0 Å². The van der Waals surface area contributed by atoms with Gasteiger partial charge in [-0.25, -0.2) is 9.97 Å². The van der Waals surface area contributed by atoms with Crippen molar-refractivity contribution in [1.29, 1.82) is 0 Å². The molecule has 0 unspecified atom stereocenters. The molecule has 84 valence electrons. The molecule has 3 heterocycles. The lowest BCUT2D eigenvalue weighted by Crippen LogP contribution is -1.91. The van der Waals surface area contributed by atoms with Crippen molar-refractivity contribution in [1.82, 2.24) is 15.0 Å². The Bertz CT molecular complexity index is 670. The quantitative estimate of drug-likeness (QED) is 0.692. The van der Waals surface area contributed by atoms with Crippen LogP contribution in [0.4, 0.5) is 5.82 Å². The highest BCUT2D eigenvalue weighted by Gasteiger charge is 2.08. The zero-order chi connectivity index (χ0) is 11.8. The molecule has 17 heavy (non-hydrogen) atoms. The molecular weight excluding hydrogens is 236 g/mol. The van der Waals surface area contributed by atoms with Gasteiger partial charge in [-0.3, -0.25) is 0 Å². The van der Waals surface area contributed by atoms with E-state index >= 15 is 0 Å². The summed E-state index contributed by atoms with van der Waals surface area (Å²) in [6.07, 6.45) is 3.60. The second-order valence-electron chi connectivity index (χ2n) is 3.70. The van der Waals surface area contributed by atoms with Crippen LogP contribution < -0.4 is 5.73 Å². The molecule has 0 fully saturated rings. The standard InChI is InChI=1S/C12H9ClN4/c13-7-4-10(17-11(14)5-7)9-6-16-12-8(9)2-1-3-15-12/h1-6H,(H2,14,17)(H,15,16). The Morgan fingerprint density at radius 2 is 2.18 bits per heavy atom. The van der Waals surface area contributed by atoms with Gasteiger partial charge in [-0.1, -0.05) is 11.6 Å². The Labute approximate surface area is 102 Å². The van der Waals surface area contributed by atoms with Gasteiger partial charge in [0.1, 0.15) is 11.5 Å². The number of halogens is 1. The van der Waals surface area contributed by atoms with Gasteiger partial charge in [-0.2, -0.15) is 0 Å². The highest BCUT2D eigenvalue weighted by atomic mass is 35.5. The summed E-state index contributed by atoms with van der Waals surface area (Å²) in [6.45, 7) is 0. The molecule has 0 amide bonds. The third kappa shape index (κ3) is 1.72. The number of nitrogens with two attached hydrogens (primary N) is 1. The van der Waals surface area contributed by atoms with E-state index in [2.05, 4.69) is 15.0 Å². The van der Waals surface area contributed by atoms with Crippen molar-refractivity contribution in [2.75, 3.05) is 5.73 Å². The third-order valence-corrected chi connectivity index (χ3v) is 2.76. The number of nitrogens with one attached hydrogen (secondary N) is 1. The second kappa shape index (κ2) is 3.75. The van der Waals surface area contributed by atoms with E-state index in [1.807, 2.05) is 18.3 Å². The van der Waals surface area contributed by atoms with Gasteiger partial charge in [0, 0.05) is 28.4 Å². The molecule has 4 nitrogen and oxygen atoms in total. The Morgan fingerprint density at radius 1 is 1.29 bits per heavy atom. The Balaban J connectivity index is 2.27. The minimum Gasteiger partial charge on any atom is -0.384 e. The number of anilines is 1. The van der Waals surface area contributed by atoms with Gasteiger partial charge in [-0.05, 0) is 24.3 Å². The number of aromatic nitrogens is 3. The van der Waals surface area contributed by atoms with Crippen molar-refractivity contribution >= 4 is 28.5 Å². The summed E-state index contributed by atoms with van der Waals surface area (Å²) in [5.41, 5.74) is 8.20. The highest BCUT2D eigenvalue weighted by molar-refractivity contribution is 6.31. The van der Waals surface area contributed by atoms with Crippen molar-refractivity contribution in [2.45, 2.75) is 0 Å². The normalized spacial score (nSPS) is 10.9. The first kappa shape index (κ1) is 10.1. The molecule has 0 radical (unpaired) electrons. The van der Waals surface area contributed by atoms with Crippen LogP contribution in [-0.2, 0) is 0 Å². The Morgan fingerprint density at radius 3 is 3.00 bits per heavy atom. The zero-order valence-corrected chi connectivity index (χ0v) is 9.57. The van der Waals surface area contributed by atoms with E-state index in [9.17, 15) is 0 Å². The molecule has 5 heteroatoms. The summed E-state index contributed by atoms with van der Waals surface area (Å²) in [6, 6.07) is 7.27. The van der Waals surface area contributed by atoms with E-state index in [4.69, 9.17) is 17.3 Å². The van der Waals surface area contributed by atoms with Gasteiger partial charge in [-0.15, -0.1) is 0 Å². The van der Waals surface area contributed by atoms with Crippen molar-refractivity contribution < 1.29 is 0 Å². The molecule has 3 aromatic rings. The SMILES string of the molecule is Nc1cc(Cl)cc(-c2c[nH]c3ncccc23)n1. The van der Waals surface area contributed by atoms with E-state index in [0.29, 0.717) is 10.8 Å². The number of H-pyrrole nitrogens is 1. The molecule has 0 saturated carbocycles. The fourth-order valence-electron chi connectivity index (χ4n) is 1.82. The molecule has 3 N–H and O–H groups in total. The topological polar surface area (TPSA) is 67.6 Å². The fourth-order valence-corrected chi connectivity index (χ4v) is 2.04. The number of aromatic amines is 1. The van der Waals surface area contributed by atoms with E-state index < -0.39 is 0 Å². The molecule has 0 bridgehead atoms. The molecule has 0 aliphatic carbocycles. The molecule has 0 aliphatic rings. The minimum atomic E-state index is 0.408. The first-order valence-corrected chi connectivity index (χ1v) is 5.47. The predicted molar refractivity (Wildman–Crippen MR) is 68.7 cm³/mol. The maximum absolute atomic E-state index is 5.97. The van der Waals surface area contributed by atoms with Crippen molar-refractivity contribution in [3.05, 3.63) is 41.7 Å². The van der Waals surface area contributed by atoms with E-state index in [1.165, 1.54) is 0 Å². The van der Waals surface area contributed by atoms with Crippen LogP contribution in [0.3, 0.4) is 0 Å². The first-order chi connectivity index (χ1) is 8.24. The molecule has 3 rings (SSSR count). The fraction of sp³-hybridized carbons (Fsp3) is 0. The number of fused-ring (bicyclic) bond motifs is 1. The second-order valence-corrected chi connectivity index (χ2v) is 4.13. The lowest BCUT2D eigenvalue weighted by Gasteiger charge is -2.01. The molecule has 0 atom stereocenters. The largest absolute Gasteiger partial charge is 0.384 e. The van der Waals surface area contributed by atoms with Crippen LogP contribution in [0, 0.1) is 0 Å². The summed E-state index contributed by atoms with van der Waals surface area (Å²) in [5, 5.41) is 1.58. The van der Waals surface area contributed by atoms with Gasteiger partial charge in [0.15, 0.2) is 0 Å². The van der Waals surface area contributed by atoms with Gasteiger partial charge in [0.2, 0.25) is 0 Å². The van der Waals surface area contributed by atoms with Crippen LogP contribution in [0.5, 0.6) is 0 Å². The summed E-state index contributed by atoms with van der Waals surface area (Å²) in [5.74, 6) is 0.408. The predicted octanol–water partition coefficient (Wildman–Crippen LogP) is 2.86. The summed E-state index contributed by atoms with van der Waals surface area (Å²) < 4.78 is 0. The summed E-state index contributed by atoms with van der Waals surface area (Å²) in [4.78, 5) is 11.6. The minimum absolute atomic E-state index is 0.408. The number of hydrogen-bond donors (Lipinski definition) is 2. The summed E-state index contributed by atoms with van der Waals surface area (Å²) >= 11 is 5.97. The Hall–Kier alpha value is -2.07. The van der Waals surface area contributed by atoms with Crippen LogP contribution in [0.2, 0.25) is 5.02 Å². The molecule has 0 aliphatic heterocycles. The van der Waals surface area contributed by atoms with Gasteiger partial charge < -0.3 is 10.7 Å². The van der Waals surface area contributed by atoms with Crippen molar-refractivity contribution in [3.8, 4) is 11.3 Å². The van der Waals surface area contributed by atoms with Crippen molar-refractivity contribution in [3.63, 3.8) is 0 Å². The third-order valence-electron chi connectivity index (χ3n) is 2.54.